The number of ether oxygens (including phenoxy) is 2. The van der Waals surface area contributed by atoms with E-state index in [1.54, 1.807) is 0 Å². The number of amidine groups is 1. The normalized spacial score (nSPS) is 20.2. The minimum Gasteiger partial charge on any atom is -0.404 e. The minimum absolute atomic E-state index is 0. The summed E-state index contributed by atoms with van der Waals surface area (Å²) in [6.07, 6.45) is -1.33. The van der Waals surface area contributed by atoms with E-state index in [0.717, 1.165) is 30.4 Å². The van der Waals surface area contributed by atoms with Crippen LogP contribution in [0, 0.1) is 0 Å². The Morgan fingerprint density at radius 3 is 2.57 bits per heavy atom. The summed E-state index contributed by atoms with van der Waals surface area (Å²) >= 11 is 0. The molecule has 4 N–H and O–H groups in total. The fourth-order valence-electron chi connectivity index (χ4n) is 6.21. The number of amides is 2. The number of likely N-dealkylation sites (N-methyl/N-ethyl adjacent to an activating group) is 2. The van der Waals surface area contributed by atoms with Crippen molar-refractivity contribution in [3.8, 4) is 0 Å². The van der Waals surface area contributed by atoms with Gasteiger partial charge in [-0.2, -0.15) is 0 Å². The van der Waals surface area contributed by atoms with Crippen LogP contribution < -0.4 is 16.4 Å². The van der Waals surface area contributed by atoms with Gasteiger partial charge in [0.2, 0.25) is 0 Å². The Kier molecular flexibility index (Phi) is 12.8. The van der Waals surface area contributed by atoms with E-state index in [9.17, 15) is 18.4 Å². The Hall–Kier alpha value is -4.75. The molecule has 2 amide bonds. The average Bonchev–Trinajstić information content (AvgIpc) is 3.11. The zero-order chi connectivity index (χ0) is 36.5. The highest BCUT2D eigenvalue weighted by Gasteiger charge is 2.45. The number of rotatable bonds is 15. The first-order valence-electron chi connectivity index (χ1n) is 17.0. The van der Waals surface area contributed by atoms with Gasteiger partial charge in [0.05, 0.1) is 38.3 Å². The number of carbonyl (C=O) groups is 2. The lowest BCUT2D eigenvalue weighted by Gasteiger charge is -2.40. The van der Waals surface area contributed by atoms with Crippen molar-refractivity contribution in [2.24, 2.45) is 10.7 Å². The first-order chi connectivity index (χ1) is 24.6. The monoisotopic (exact) mass is 704 g/mol. The SMILES string of the molecule is C=C(COCNCc1cccc([C@@H]2/C(=C/N)C(=Nc3ccccc3)N(CC)C(=O)[C@H]2NC(=O)c2cccc(C(F)F)c2)c1)C(C)N(C)C1COC1.[HH].[HH]. The number of nitrogens with one attached hydrogen (secondary N) is 2. The number of benzene rings is 3. The number of carbonyl (C=O) groups excluding carboxylic acids is 2. The molecule has 10 nitrogen and oxygen atoms in total. The highest BCUT2D eigenvalue weighted by Crippen LogP contribution is 2.36. The quantitative estimate of drug-likeness (QED) is 0.104. The zero-order valence-corrected chi connectivity index (χ0v) is 29.2. The third-order valence-corrected chi connectivity index (χ3v) is 9.42. The summed E-state index contributed by atoms with van der Waals surface area (Å²) in [4.78, 5) is 36.4. The fraction of sp³-hybridized carbons (Fsp3) is 0.359. The standard InChI is InChI=1S/C39H46F2N6O4.2H2/c1-5-47-37(44-31-15-7-6-8-16-31)33(19-42)34(35(39(47)49)45-38(48)30-14-10-13-29(18-30)36(40)41)28-12-9-11-27(17-28)20-43-24-51-21-25(2)26(3)46(4)32-22-50-23-32;;/h6-19,26,32,34-36,43H,2,5,20-24,42H2,1,3-4H3,(H,45,48);2*1H/b33-19-,44-37?;;/t26?,34-,35+;;/m1../s1. The van der Waals surface area contributed by atoms with Gasteiger partial charge in [0.1, 0.15) is 11.9 Å². The number of hydrogen-bond donors (Lipinski definition) is 3. The van der Waals surface area contributed by atoms with Crippen LogP contribution in [0.3, 0.4) is 0 Å². The number of piperidine rings is 1. The van der Waals surface area contributed by atoms with Crippen molar-refractivity contribution in [1.29, 1.82) is 0 Å². The molecule has 12 heteroatoms. The lowest BCUT2D eigenvalue weighted by Crippen LogP contribution is -2.59. The molecule has 274 valence electrons. The number of alkyl halides is 2. The summed E-state index contributed by atoms with van der Waals surface area (Å²) in [5, 5.41) is 6.16. The Bertz CT molecular complexity index is 1760. The molecule has 3 atom stereocenters. The smallest absolute Gasteiger partial charge is 0.263 e. The van der Waals surface area contributed by atoms with Gasteiger partial charge < -0.3 is 20.5 Å². The molecule has 3 aromatic rings. The lowest BCUT2D eigenvalue weighted by molar-refractivity contribution is -0.130. The van der Waals surface area contributed by atoms with Crippen LogP contribution in [-0.4, -0.2) is 85.7 Å². The summed E-state index contributed by atoms with van der Waals surface area (Å²) in [5.74, 6) is -1.43. The second-order valence-electron chi connectivity index (χ2n) is 12.7. The van der Waals surface area contributed by atoms with Crippen LogP contribution in [0.15, 0.2) is 108 Å². The van der Waals surface area contributed by atoms with Crippen LogP contribution in [0.25, 0.3) is 0 Å². The van der Waals surface area contributed by atoms with Gasteiger partial charge in [-0.3, -0.25) is 24.7 Å². The molecule has 5 rings (SSSR count). The van der Waals surface area contributed by atoms with Crippen molar-refractivity contribution in [3.05, 3.63) is 125 Å². The molecule has 1 unspecified atom stereocenters. The van der Waals surface area contributed by atoms with Crippen LogP contribution >= 0.6 is 0 Å². The maximum absolute atomic E-state index is 14.3. The molecular weight excluding hydrogens is 654 g/mol. The van der Waals surface area contributed by atoms with Gasteiger partial charge in [-0.15, -0.1) is 0 Å². The van der Waals surface area contributed by atoms with E-state index in [2.05, 4.69) is 36.1 Å². The number of para-hydroxylation sites is 1. The Balaban J connectivity index is 0.00000378. The highest BCUT2D eigenvalue weighted by atomic mass is 19.3. The third-order valence-electron chi connectivity index (χ3n) is 9.42. The summed E-state index contributed by atoms with van der Waals surface area (Å²) in [5.41, 5.74) is 9.80. The van der Waals surface area contributed by atoms with Crippen molar-refractivity contribution < 1.29 is 30.7 Å². The molecule has 2 saturated heterocycles. The molecule has 0 aliphatic carbocycles. The Morgan fingerprint density at radius 1 is 1.16 bits per heavy atom. The van der Waals surface area contributed by atoms with Gasteiger partial charge >= 0.3 is 0 Å². The van der Waals surface area contributed by atoms with E-state index >= 15 is 0 Å². The zero-order valence-electron chi connectivity index (χ0n) is 29.2. The van der Waals surface area contributed by atoms with Gasteiger partial charge in [0.15, 0.2) is 0 Å². The number of aliphatic imine (C=N–C) groups is 1. The maximum Gasteiger partial charge on any atom is 0.263 e. The van der Waals surface area contributed by atoms with Crippen molar-refractivity contribution in [2.75, 3.05) is 40.1 Å². The second-order valence-corrected chi connectivity index (χ2v) is 12.7. The van der Waals surface area contributed by atoms with Gasteiger partial charge in [-0.1, -0.05) is 61.2 Å². The molecule has 3 aromatic carbocycles. The van der Waals surface area contributed by atoms with Crippen molar-refractivity contribution in [2.45, 2.75) is 50.9 Å². The van der Waals surface area contributed by atoms with Crippen LogP contribution in [0.1, 0.15) is 56.1 Å². The molecule has 51 heavy (non-hydrogen) atoms. The third kappa shape index (κ3) is 8.95. The van der Waals surface area contributed by atoms with Crippen LogP contribution in [0.5, 0.6) is 0 Å². The van der Waals surface area contributed by atoms with Crippen molar-refractivity contribution in [3.63, 3.8) is 0 Å². The Morgan fingerprint density at radius 2 is 1.90 bits per heavy atom. The molecule has 2 aliphatic rings. The van der Waals surface area contributed by atoms with E-state index < -0.39 is 30.2 Å². The molecule has 2 aliphatic heterocycles. The first kappa shape index (κ1) is 37.5. The minimum atomic E-state index is -2.75. The summed E-state index contributed by atoms with van der Waals surface area (Å²) in [7, 11) is 2.07. The lowest BCUT2D eigenvalue weighted by atomic mass is 9.79. The topological polar surface area (TPSA) is 122 Å². The van der Waals surface area contributed by atoms with Crippen LogP contribution in [-0.2, 0) is 20.8 Å². The van der Waals surface area contributed by atoms with Gasteiger partial charge in [-0.25, -0.2) is 13.8 Å². The van der Waals surface area contributed by atoms with Crippen LogP contribution in [0.2, 0.25) is 0 Å². The van der Waals surface area contributed by atoms with E-state index in [1.165, 1.54) is 29.3 Å². The van der Waals surface area contributed by atoms with Crippen molar-refractivity contribution in [1.82, 2.24) is 20.4 Å². The average molecular weight is 705 g/mol. The number of hydrogen-bond acceptors (Lipinski definition) is 8. The number of halogens is 2. The number of nitrogens with two attached hydrogens (primary N) is 1. The predicted molar refractivity (Wildman–Crippen MR) is 198 cm³/mol. The molecule has 2 heterocycles. The molecule has 0 radical (unpaired) electrons. The Labute approximate surface area is 301 Å². The van der Waals surface area contributed by atoms with E-state index in [-0.39, 0.29) is 33.3 Å². The van der Waals surface area contributed by atoms with Gasteiger partial charge in [0.25, 0.3) is 18.2 Å². The molecular formula is C39H50F2N6O4. The number of likely N-dealkylation sites (tertiary alicyclic amines) is 1. The first-order valence-corrected chi connectivity index (χ1v) is 17.0. The summed E-state index contributed by atoms with van der Waals surface area (Å²) in [6.45, 7) is 11.0. The van der Waals surface area contributed by atoms with E-state index in [4.69, 9.17) is 20.2 Å². The molecule has 0 bridgehead atoms. The summed E-state index contributed by atoms with van der Waals surface area (Å²) in [6, 6.07) is 21.5. The molecule has 0 aromatic heterocycles. The fourth-order valence-corrected chi connectivity index (χ4v) is 6.21. The number of nitrogens with zero attached hydrogens (tertiary/aromatic N) is 3. The molecule has 0 saturated carbocycles. The highest BCUT2D eigenvalue weighted by molar-refractivity contribution is 6.15. The van der Waals surface area contributed by atoms with Gasteiger partial charge in [0, 0.05) is 50.8 Å². The van der Waals surface area contributed by atoms with Gasteiger partial charge in [-0.05, 0) is 61.9 Å². The second kappa shape index (κ2) is 17.5. The predicted octanol–water partition coefficient (Wildman–Crippen LogP) is 5.77. The van der Waals surface area contributed by atoms with E-state index in [0.29, 0.717) is 41.9 Å². The molecule has 0 spiro atoms. The summed E-state index contributed by atoms with van der Waals surface area (Å²) < 4.78 is 38.2. The molecule has 2 fully saturated rings. The largest absolute Gasteiger partial charge is 0.404 e. The van der Waals surface area contributed by atoms with Crippen molar-refractivity contribution >= 4 is 23.3 Å². The maximum atomic E-state index is 14.3. The van der Waals surface area contributed by atoms with Crippen LogP contribution in [0.4, 0.5) is 14.5 Å². The van der Waals surface area contributed by atoms with E-state index in [1.807, 2.05) is 61.5 Å².